The van der Waals surface area contributed by atoms with E-state index < -0.39 is 28.3 Å². The maximum Gasteiger partial charge on any atom is 0.338 e. The molecule has 0 saturated carbocycles. The molecule has 0 atom stereocenters. The number of anilines is 1. The van der Waals surface area contributed by atoms with Gasteiger partial charge in [-0.2, -0.15) is 0 Å². The Morgan fingerprint density at radius 1 is 0.968 bits per heavy atom. The molecule has 0 bridgehead atoms. The molecular formula is C23H20ClNO5S. The number of amides is 1. The highest BCUT2D eigenvalue weighted by atomic mass is 35.5. The minimum atomic E-state index is -3.47. The Kier molecular flexibility index (Phi) is 7.09. The van der Waals surface area contributed by atoms with Gasteiger partial charge < -0.3 is 10.1 Å². The second-order valence-electron chi connectivity index (χ2n) is 6.86. The van der Waals surface area contributed by atoms with Crippen LogP contribution in [-0.4, -0.2) is 33.2 Å². The first kappa shape index (κ1) is 22.5. The molecule has 31 heavy (non-hydrogen) atoms. The topological polar surface area (TPSA) is 89.5 Å². The van der Waals surface area contributed by atoms with Crippen LogP contribution in [0.1, 0.15) is 21.5 Å². The third-order valence-electron chi connectivity index (χ3n) is 4.45. The Morgan fingerprint density at radius 3 is 2.35 bits per heavy atom. The number of sulfone groups is 1. The fraction of sp³-hybridized carbons (Fsp3) is 0.130. The van der Waals surface area contributed by atoms with E-state index in [-0.39, 0.29) is 15.6 Å². The Hall–Kier alpha value is -3.16. The van der Waals surface area contributed by atoms with E-state index in [1.54, 1.807) is 12.1 Å². The highest BCUT2D eigenvalue weighted by Gasteiger charge is 2.16. The van der Waals surface area contributed by atoms with Gasteiger partial charge in [-0.3, -0.25) is 4.79 Å². The van der Waals surface area contributed by atoms with Crippen LogP contribution in [0, 0.1) is 0 Å². The van der Waals surface area contributed by atoms with E-state index in [0.29, 0.717) is 12.0 Å². The number of carbonyl (C=O) groups excluding carboxylic acids is 2. The molecule has 0 saturated heterocycles. The Morgan fingerprint density at radius 2 is 1.65 bits per heavy atom. The second kappa shape index (κ2) is 9.76. The van der Waals surface area contributed by atoms with Crippen molar-refractivity contribution in [2.24, 2.45) is 0 Å². The van der Waals surface area contributed by atoms with E-state index in [1.165, 1.54) is 18.2 Å². The summed E-state index contributed by atoms with van der Waals surface area (Å²) < 4.78 is 28.5. The second-order valence-corrected chi connectivity index (χ2v) is 9.28. The average Bonchev–Trinajstić information content (AvgIpc) is 2.74. The minimum Gasteiger partial charge on any atom is -0.452 e. The Balaban J connectivity index is 1.66. The summed E-state index contributed by atoms with van der Waals surface area (Å²) in [6.07, 6.45) is 1.60. The van der Waals surface area contributed by atoms with Crippen molar-refractivity contribution in [3.63, 3.8) is 0 Å². The maximum absolute atomic E-state index is 12.6. The van der Waals surface area contributed by atoms with Gasteiger partial charge in [0, 0.05) is 6.26 Å². The first-order valence-corrected chi connectivity index (χ1v) is 11.6. The van der Waals surface area contributed by atoms with Gasteiger partial charge in [-0.1, -0.05) is 60.1 Å². The van der Waals surface area contributed by atoms with Crippen molar-refractivity contribution in [3.8, 4) is 0 Å². The number of halogens is 1. The normalized spacial score (nSPS) is 11.0. The molecule has 0 aliphatic rings. The van der Waals surface area contributed by atoms with Crippen molar-refractivity contribution >= 4 is 39.0 Å². The van der Waals surface area contributed by atoms with E-state index >= 15 is 0 Å². The van der Waals surface area contributed by atoms with Gasteiger partial charge in [0.1, 0.15) is 0 Å². The lowest BCUT2D eigenvalue weighted by molar-refractivity contribution is -0.119. The Labute approximate surface area is 185 Å². The molecule has 3 aromatic carbocycles. The van der Waals surface area contributed by atoms with Crippen LogP contribution >= 0.6 is 11.6 Å². The first-order chi connectivity index (χ1) is 14.7. The summed E-state index contributed by atoms with van der Waals surface area (Å²) in [6.45, 7) is -0.544. The summed E-state index contributed by atoms with van der Waals surface area (Å²) in [5.41, 5.74) is 2.32. The van der Waals surface area contributed by atoms with Crippen LogP contribution in [-0.2, 0) is 25.8 Å². The first-order valence-electron chi connectivity index (χ1n) is 9.32. The van der Waals surface area contributed by atoms with Crippen LogP contribution in [0.4, 0.5) is 5.69 Å². The molecule has 0 aromatic heterocycles. The van der Waals surface area contributed by atoms with Gasteiger partial charge in [0.15, 0.2) is 16.4 Å². The number of nitrogens with one attached hydrogen (secondary N) is 1. The molecule has 0 aliphatic carbocycles. The van der Waals surface area contributed by atoms with Crippen molar-refractivity contribution in [2.45, 2.75) is 11.3 Å². The van der Waals surface area contributed by atoms with Crippen LogP contribution in [0.3, 0.4) is 0 Å². The lowest BCUT2D eigenvalue weighted by Crippen LogP contribution is -2.21. The zero-order valence-electron chi connectivity index (χ0n) is 16.7. The Bertz CT molecular complexity index is 1210. The molecule has 160 valence electrons. The van der Waals surface area contributed by atoms with E-state index in [0.717, 1.165) is 17.4 Å². The summed E-state index contributed by atoms with van der Waals surface area (Å²) >= 11 is 6.03. The molecule has 6 nitrogen and oxygen atoms in total. The molecule has 0 fully saturated rings. The molecule has 8 heteroatoms. The van der Waals surface area contributed by atoms with E-state index in [2.05, 4.69) is 5.32 Å². The van der Waals surface area contributed by atoms with Crippen LogP contribution in [0.2, 0.25) is 5.02 Å². The van der Waals surface area contributed by atoms with Crippen LogP contribution in [0.5, 0.6) is 0 Å². The third-order valence-corrected chi connectivity index (χ3v) is 5.89. The van der Waals surface area contributed by atoms with E-state index in [4.69, 9.17) is 16.3 Å². The molecule has 0 spiro atoms. The van der Waals surface area contributed by atoms with Crippen LogP contribution in [0.25, 0.3) is 0 Å². The summed E-state index contributed by atoms with van der Waals surface area (Å²) in [6, 6.07) is 20.7. The van der Waals surface area contributed by atoms with E-state index in [1.807, 2.05) is 42.5 Å². The zero-order valence-corrected chi connectivity index (χ0v) is 18.2. The molecule has 0 radical (unpaired) electrons. The lowest BCUT2D eigenvalue weighted by Gasteiger charge is -2.11. The van der Waals surface area contributed by atoms with Crippen molar-refractivity contribution < 1.29 is 22.7 Å². The van der Waals surface area contributed by atoms with Crippen LogP contribution in [0.15, 0.2) is 77.7 Å². The maximum atomic E-state index is 12.6. The fourth-order valence-electron chi connectivity index (χ4n) is 2.92. The van der Waals surface area contributed by atoms with Gasteiger partial charge in [0.05, 0.1) is 21.2 Å². The number of benzene rings is 3. The van der Waals surface area contributed by atoms with Crippen molar-refractivity contribution in [1.82, 2.24) is 0 Å². The van der Waals surface area contributed by atoms with Gasteiger partial charge in [-0.25, -0.2) is 13.2 Å². The van der Waals surface area contributed by atoms with E-state index in [9.17, 15) is 18.0 Å². The van der Waals surface area contributed by atoms with Crippen molar-refractivity contribution in [3.05, 3.63) is 94.5 Å². The number of carbonyl (C=O) groups is 2. The summed E-state index contributed by atoms with van der Waals surface area (Å²) in [5, 5.41) is 2.64. The molecule has 0 unspecified atom stereocenters. The summed E-state index contributed by atoms with van der Waals surface area (Å²) in [5.74, 6) is -1.26. The number of rotatable bonds is 7. The zero-order chi connectivity index (χ0) is 22.4. The molecule has 1 amide bonds. The number of hydrogen-bond donors (Lipinski definition) is 1. The number of hydrogen-bond acceptors (Lipinski definition) is 5. The average molecular weight is 458 g/mol. The highest BCUT2D eigenvalue weighted by molar-refractivity contribution is 7.90. The summed E-state index contributed by atoms with van der Waals surface area (Å²) in [7, 11) is -3.47. The van der Waals surface area contributed by atoms with Gasteiger partial charge >= 0.3 is 5.97 Å². The standard InChI is InChI=1S/C23H20ClNO5S/c1-31(28,29)18-11-12-20(24)21(14-18)25-22(26)15-30-23(27)19-10-6-5-9-17(19)13-16-7-3-2-4-8-16/h2-12,14H,13,15H2,1H3,(H,25,26). The fourth-order valence-corrected chi connectivity index (χ4v) is 3.73. The van der Waals surface area contributed by atoms with Gasteiger partial charge in [0.2, 0.25) is 0 Å². The molecule has 3 rings (SSSR count). The van der Waals surface area contributed by atoms with Crippen LogP contribution < -0.4 is 5.32 Å². The molecule has 0 aliphatic heterocycles. The number of esters is 1. The van der Waals surface area contributed by atoms with Crippen molar-refractivity contribution in [1.29, 1.82) is 0 Å². The SMILES string of the molecule is CS(=O)(=O)c1ccc(Cl)c(NC(=O)COC(=O)c2ccccc2Cc2ccccc2)c1. The monoisotopic (exact) mass is 457 g/mol. The summed E-state index contributed by atoms with van der Waals surface area (Å²) in [4.78, 5) is 24.8. The lowest BCUT2D eigenvalue weighted by atomic mass is 10.00. The predicted octanol–water partition coefficient (Wildman–Crippen LogP) is 4.13. The van der Waals surface area contributed by atoms with Gasteiger partial charge in [-0.05, 0) is 41.8 Å². The minimum absolute atomic E-state index is 0.0130. The van der Waals surface area contributed by atoms with Gasteiger partial charge in [0.25, 0.3) is 5.91 Å². The predicted molar refractivity (Wildman–Crippen MR) is 119 cm³/mol. The molecular weight excluding hydrogens is 438 g/mol. The number of ether oxygens (including phenoxy) is 1. The van der Waals surface area contributed by atoms with Gasteiger partial charge in [-0.15, -0.1) is 0 Å². The largest absolute Gasteiger partial charge is 0.452 e. The molecule has 0 heterocycles. The molecule has 1 N–H and O–H groups in total. The highest BCUT2D eigenvalue weighted by Crippen LogP contribution is 2.25. The third kappa shape index (κ3) is 6.16. The van der Waals surface area contributed by atoms with Crippen molar-refractivity contribution in [2.75, 3.05) is 18.2 Å². The quantitative estimate of drug-likeness (QED) is 0.539. The smallest absolute Gasteiger partial charge is 0.338 e. The molecule has 3 aromatic rings.